The van der Waals surface area contributed by atoms with Crippen molar-refractivity contribution in [1.82, 2.24) is 0 Å². The molecule has 0 aliphatic heterocycles. The lowest BCUT2D eigenvalue weighted by molar-refractivity contribution is 0.525. The highest BCUT2D eigenvalue weighted by atomic mass is 35.5. The SMILES string of the molecule is NCc1ccc(-c2cc(Cl)c(F)c(Cl)c2)o1. The van der Waals surface area contributed by atoms with Gasteiger partial charge < -0.3 is 10.2 Å². The van der Waals surface area contributed by atoms with Crippen LogP contribution in [0.4, 0.5) is 4.39 Å². The summed E-state index contributed by atoms with van der Waals surface area (Å²) in [4.78, 5) is 0. The molecule has 84 valence electrons. The summed E-state index contributed by atoms with van der Waals surface area (Å²) >= 11 is 11.4. The second-order valence-electron chi connectivity index (χ2n) is 3.22. The maximum Gasteiger partial charge on any atom is 0.160 e. The highest BCUT2D eigenvalue weighted by Gasteiger charge is 2.11. The smallest absolute Gasteiger partial charge is 0.160 e. The average molecular weight is 260 g/mol. The molecule has 2 nitrogen and oxygen atoms in total. The summed E-state index contributed by atoms with van der Waals surface area (Å²) in [6.07, 6.45) is 0. The van der Waals surface area contributed by atoms with Gasteiger partial charge in [0.25, 0.3) is 0 Å². The molecule has 2 rings (SSSR count). The normalized spacial score (nSPS) is 10.8. The molecule has 1 heterocycles. The number of rotatable bonds is 2. The predicted octanol–water partition coefficient (Wildman–Crippen LogP) is 3.85. The molecule has 0 spiro atoms. The van der Waals surface area contributed by atoms with Crippen molar-refractivity contribution in [1.29, 1.82) is 0 Å². The Kier molecular flexibility index (Phi) is 3.19. The van der Waals surface area contributed by atoms with E-state index in [1.54, 1.807) is 12.1 Å². The predicted molar refractivity (Wildman–Crippen MR) is 62.0 cm³/mol. The molecule has 0 bridgehead atoms. The summed E-state index contributed by atoms with van der Waals surface area (Å²) in [5.41, 5.74) is 6.04. The summed E-state index contributed by atoms with van der Waals surface area (Å²) < 4.78 is 18.6. The third-order valence-corrected chi connectivity index (χ3v) is 2.68. The molecule has 5 heteroatoms. The first-order valence-corrected chi connectivity index (χ1v) is 5.31. The Morgan fingerprint density at radius 2 is 1.81 bits per heavy atom. The average Bonchev–Trinajstić information content (AvgIpc) is 2.73. The van der Waals surface area contributed by atoms with E-state index in [1.807, 2.05) is 0 Å². The molecule has 1 aromatic carbocycles. The minimum absolute atomic E-state index is 0.0341. The van der Waals surface area contributed by atoms with Gasteiger partial charge in [0.05, 0.1) is 16.6 Å². The van der Waals surface area contributed by atoms with E-state index in [4.69, 9.17) is 33.4 Å². The Balaban J connectivity index is 2.48. The lowest BCUT2D eigenvalue weighted by Crippen LogP contribution is -1.92. The maximum atomic E-state index is 13.2. The molecule has 0 amide bonds. The topological polar surface area (TPSA) is 39.2 Å². The molecule has 2 N–H and O–H groups in total. The summed E-state index contributed by atoms with van der Waals surface area (Å²) in [7, 11) is 0. The van der Waals surface area contributed by atoms with Gasteiger partial charge in [-0.25, -0.2) is 4.39 Å². The molecule has 0 saturated carbocycles. The third-order valence-electron chi connectivity index (χ3n) is 2.13. The fraction of sp³-hybridized carbons (Fsp3) is 0.0909. The highest BCUT2D eigenvalue weighted by Crippen LogP contribution is 2.31. The number of hydrogen-bond donors (Lipinski definition) is 1. The fourth-order valence-electron chi connectivity index (χ4n) is 1.34. The van der Waals surface area contributed by atoms with Crippen LogP contribution in [0.25, 0.3) is 11.3 Å². The van der Waals surface area contributed by atoms with Crippen LogP contribution < -0.4 is 5.73 Å². The summed E-state index contributed by atoms with van der Waals surface area (Å²) in [5, 5.41) is -0.0682. The van der Waals surface area contributed by atoms with Crippen LogP contribution in [-0.4, -0.2) is 0 Å². The molecule has 0 aliphatic carbocycles. The Morgan fingerprint density at radius 3 is 2.31 bits per heavy atom. The van der Waals surface area contributed by atoms with Gasteiger partial charge in [0.1, 0.15) is 11.5 Å². The molecule has 0 fully saturated rings. The van der Waals surface area contributed by atoms with Crippen LogP contribution in [0, 0.1) is 5.82 Å². The van der Waals surface area contributed by atoms with Gasteiger partial charge in [-0.1, -0.05) is 23.2 Å². The van der Waals surface area contributed by atoms with Gasteiger partial charge in [-0.2, -0.15) is 0 Å². The van der Waals surface area contributed by atoms with Crippen LogP contribution >= 0.6 is 23.2 Å². The van der Waals surface area contributed by atoms with E-state index in [0.717, 1.165) is 0 Å². The van der Waals surface area contributed by atoms with Crippen molar-refractivity contribution in [2.24, 2.45) is 5.73 Å². The first-order valence-electron chi connectivity index (χ1n) is 4.55. The second-order valence-corrected chi connectivity index (χ2v) is 4.04. The van der Waals surface area contributed by atoms with E-state index in [1.165, 1.54) is 12.1 Å². The van der Waals surface area contributed by atoms with Crippen LogP contribution in [0.15, 0.2) is 28.7 Å². The van der Waals surface area contributed by atoms with Crippen LogP contribution in [0.3, 0.4) is 0 Å². The molecule has 0 atom stereocenters. The monoisotopic (exact) mass is 259 g/mol. The van der Waals surface area contributed by atoms with Crippen LogP contribution in [0.5, 0.6) is 0 Å². The van der Waals surface area contributed by atoms with Gasteiger partial charge in [-0.3, -0.25) is 0 Å². The summed E-state index contributed by atoms with van der Waals surface area (Å²) in [5.74, 6) is 0.577. The molecule has 0 radical (unpaired) electrons. The van der Waals surface area contributed by atoms with Crippen molar-refractivity contribution in [2.75, 3.05) is 0 Å². The zero-order valence-electron chi connectivity index (χ0n) is 8.14. The Bertz CT molecular complexity index is 501. The lowest BCUT2D eigenvalue weighted by atomic mass is 10.2. The Hall–Kier alpha value is -1.03. The Morgan fingerprint density at radius 1 is 1.19 bits per heavy atom. The van der Waals surface area contributed by atoms with E-state index in [2.05, 4.69) is 0 Å². The van der Waals surface area contributed by atoms with Crippen LogP contribution in [-0.2, 0) is 6.54 Å². The maximum absolute atomic E-state index is 13.2. The molecule has 0 saturated heterocycles. The number of halogens is 3. The number of hydrogen-bond acceptors (Lipinski definition) is 2. The molecular formula is C11H8Cl2FNO. The van der Waals surface area contributed by atoms with Crippen molar-refractivity contribution in [3.8, 4) is 11.3 Å². The first kappa shape index (κ1) is 11.5. The molecule has 1 aromatic heterocycles. The number of furan rings is 1. The van der Waals surface area contributed by atoms with E-state index in [0.29, 0.717) is 23.6 Å². The van der Waals surface area contributed by atoms with E-state index >= 15 is 0 Å². The van der Waals surface area contributed by atoms with Crippen molar-refractivity contribution in [3.05, 3.63) is 45.9 Å². The number of nitrogens with two attached hydrogens (primary N) is 1. The fourth-order valence-corrected chi connectivity index (χ4v) is 1.83. The number of benzene rings is 1. The van der Waals surface area contributed by atoms with Gasteiger partial charge in [-0.05, 0) is 24.3 Å². The zero-order chi connectivity index (χ0) is 11.7. The Labute approximate surface area is 102 Å². The molecule has 2 aromatic rings. The van der Waals surface area contributed by atoms with Crippen molar-refractivity contribution in [2.45, 2.75) is 6.54 Å². The lowest BCUT2D eigenvalue weighted by Gasteiger charge is -2.01. The van der Waals surface area contributed by atoms with Gasteiger partial charge in [0.2, 0.25) is 0 Å². The highest BCUT2D eigenvalue weighted by molar-refractivity contribution is 6.35. The molecule has 16 heavy (non-hydrogen) atoms. The molecule has 0 aliphatic rings. The van der Waals surface area contributed by atoms with Crippen molar-refractivity contribution < 1.29 is 8.81 Å². The summed E-state index contributed by atoms with van der Waals surface area (Å²) in [6.45, 7) is 0.308. The second kappa shape index (κ2) is 4.45. The summed E-state index contributed by atoms with van der Waals surface area (Å²) in [6, 6.07) is 6.41. The van der Waals surface area contributed by atoms with Crippen LogP contribution in [0.1, 0.15) is 5.76 Å². The van der Waals surface area contributed by atoms with Crippen molar-refractivity contribution in [3.63, 3.8) is 0 Å². The van der Waals surface area contributed by atoms with Gasteiger partial charge in [-0.15, -0.1) is 0 Å². The molecular weight excluding hydrogens is 252 g/mol. The van der Waals surface area contributed by atoms with E-state index in [-0.39, 0.29) is 10.0 Å². The zero-order valence-corrected chi connectivity index (χ0v) is 9.65. The standard InChI is InChI=1S/C11H8Cl2FNO/c12-8-3-6(4-9(13)11(8)14)10-2-1-7(5-15)16-10/h1-4H,5,15H2. The minimum Gasteiger partial charge on any atom is -0.460 e. The third kappa shape index (κ3) is 2.07. The van der Waals surface area contributed by atoms with Gasteiger partial charge >= 0.3 is 0 Å². The van der Waals surface area contributed by atoms with E-state index in [9.17, 15) is 4.39 Å². The van der Waals surface area contributed by atoms with Gasteiger partial charge in [0, 0.05) is 5.56 Å². The first-order chi connectivity index (χ1) is 7.61. The quantitative estimate of drug-likeness (QED) is 0.833. The van der Waals surface area contributed by atoms with Crippen molar-refractivity contribution >= 4 is 23.2 Å². The van der Waals surface area contributed by atoms with E-state index < -0.39 is 5.82 Å². The largest absolute Gasteiger partial charge is 0.460 e. The minimum atomic E-state index is -0.627. The molecule has 0 unspecified atom stereocenters. The van der Waals surface area contributed by atoms with Crippen LogP contribution in [0.2, 0.25) is 10.0 Å². The van der Waals surface area contributed by atoms with Gasteiger partial charge in [0.15, 0.2) is 5.82 Å².